The van der Waals surface area contributed by atoms with Crippen LogP contribution in [-0.2, 0) is 15.3 Å². The highest BCUT2D eigenvalue weighted by molar-refractivity contribution is 8.00. The highest BCUT2D eigenvalue weighted by Gasteiger charge is 2.49. The summed E-state index contributed by atoms with van der Waals surface area (Å²) in [6.45, 7) is 4.02. The van der Waals surface area contributed by atoms with Crippen molar-refractivity contribution in [2.24, 2.45) is 0 Å². The van der Waals surface area contributed by atoms with Crippen LogP contribution in [0.15, 0.2) is 76.8 Å². The summed E-state index contributed by atoms with van der Waals surface area (Å²) in [5.74, 6) is -0.501. The number of carbonyl (C=O) groups is 2. The zero-order chi connectivity index (χ0) is 31.0. The van der Waals surface area contributed by atoms with Crippen LogP contribution in [0.25, 0.3) is 11.4 Å². The van der Waals surface area contributed by atoms with Crippen LogP contribution in [0.1, 0.15) is 35.5 Å². The zero-order valence-corrected chi connectivity index (χ0v) is 26.2. The number of fused-ring (bicyclic) bond motifs is 1. The van der Waals surface area contributed by atoms with Crippen molar-refractivity contribution < 1.29 is 24.2 Å². The number of halogens is 1. The Hall–Kier alpha value is -4.39. The quantitative estimate of drug-likeness (QED) is 0.0631. The number of rotatable bonds is 9. The van der Waals surface area contributed by atoms with E-state index in [9.17, 15) is 14.7 Å². The van der Waals surface area contributed by atoms with E-state index in [-0.39, 0.29) is 16.5 Å². The molecule has 10 nitrogen and oxygen atoms in total. The van der Waals surface area contributed by atoms with Gasteiger partial charge in [0.2, 0.25) is 5.13 Å². The molecule has 224 valence electrons. The number of Topliss-reactive ketones (excluding diaryl/α,β-unsaturated/α-hetero) is 1. The fraction of sp³-hybridized carbons (Fsp3) is 0.194. The van der Waals surface area contributed by atoms with E-state index in [2.05, 4.69) is 15.2 Å². The van der Waals surface area contributed by atoms with Gasteiger partial charge in [-0.1, -0.05) is 59.0 Å². The number of imidazole rings is 1. The summed E-state index contributed by atoms with van der Waals surface area (Å²) in [6.07, 6.45) is 1.74. The molecule has 13 heteroatoms. The van der Waals surface area contributed by atoms with Gasteiger partial charge in [0.05, 0.1) is 31.0 Å². The number of hydrogen-bond donors (Lipinski definition) is 1. The Morgan fingerprint density at radius 2 is 1.89 bits per heavy atom. The van der Waals surface area contributed by atoms with Crippen LogP contribution in [0, 0.1) is 6.92 Å². The Morgan fingerprint density at radius 1 is 1.09 bits per heavy atom. The third kappa shape index (κ3) is 5.40. The highest BCUT2D eigenvalue weighted by atomic mass is 35.5. The molecule has 0 radical (unpaired) electrons. The summed E-state index contributed by atoms with van der Waals surface area (Å²) < 4.78 is 13.6. The average molecular weight is 648 g/mol. The van der Waals surface area contributed by atoms with Gasteiger partial charge in [-0.05, 0) is 61.4 Å². The molecule has 1 fully saturated rings. The lowest BCUT2D eigenvalue weighted by molar-refractivity contribution is -0.132. The number of carbonyl (C=O) groups excluding carboxylic acids is 2. The SMILES string of the molecule is CCOc1ccc(C2/C(=C(\O)c3c(C)nc4ccccn34)C(=O)C(=O)N2c2nnc(SCc3ccc(Cl)cc3)s2)cc1OC. The van der Waals surface area contributed by atoms with Crippen LogP contribution in [0.3, 0.4) is 0 Å². The van der Waals surface area contributed by atoms with Crippen LogP contribution in [0.2, 0.25) is 5.02 Å². The molecule has 3 aromatic heterocycles. The molecule has 44 heavy (non-hydrogen) atoms. The van der Waals surface area contributed by atoms with Gasteiger partial charge in [-0.15, -0.1) is 10.2 Å². The van der Waals surface area contributed by atoms with Crippen molar-refractivity contribution in [2.75, 3.05) is 18.6 Å². The number of aliphatic hydroxyl groups is 1. The van der Waals surface area contributed by atoms with E-state index in [1.165, 1.54) is 35.1 Å². The van der Waals surface area contributed by atoms with E-state index in [1.807, 2.05) is 37.3 Å². The standard InChI is InChI=1S/C31H26ClN5O5S2/c1-4-42-21-13-10-19(15-22(21)41-3)26-24(27(38)25-17(2)33-23-7-5-6-14-36(23)25)28(39)29(40)37(26)30-34-35-31(44-30)43-16-18-8-11-20(32)12-9-18/h5-15,26,38H,4,16H2,1-3H3/b27-24+. The predicted molar refractivity (Wildman–Crippen MR) is 170 cm³/mol. The molecule has 6 rings (SSSR count). The molecule has 0 aliphatic carbocycles. The van der Waals surface area contributed by atoms with Crippen LogP contribution in [0.4, 0.5) is 5.13 Å². The number of amides is 1. The normalized spacial score (nSPS) is 16.2. The number of ether oxygens (including phenoxy) is 2. The van der Waals surface area contributed by atoms with Crippen LogP contribution in [0.5, 0.6) is 11.5 Å². The number of methoxy groups -OCH3 is 1. The third-order valence-corrected chi connectivity index (χ3v) is 9.43. The minimum atomic E-state index is -1.03. The maximum Gasteiger partial charge on any atom is 0.301 e. The molecule has 1 saturated heterocycles. The van der Waals surface area contributed by atoms with E-state index in [1.54, 1.807) is 47.9 Å². The molecule has 1 aliphatic rings. The first-order chi connectivity index (χ1) is 21.3. The molecule has 0 bridgehead atoms. The van der Waals surface area contributed by atoms with Crippen molar-refractivity contribution in [2.45, 2.75) is 30.0 Å². The number of nitrogens with zero attached hydrogens (tertiary/aromatic N) is 5. The first-order valence-electron chi connectivity index (χ1n) is 13.6. The van der Waals surface area contributed by atoms with Gasteiger partial charge < -0.3 is 14.6 Å². The van der Waals surface area contributed by atoms with Crippen LogP contribution >= 0.6 is 34.7 Å². The van der Waals surface area contributed by atoms with Crippen molar-refractivity contribution in [1.29, 1.82) is 0 Å². The molecule has 1 amide bonds. The molecule has 0 spiro atoms. The summed E-state index contributed by atoms with van der Waals surface area (Å²) >= 11 is 8.64. The summed E-state index contributed by atoms with van der Waals surface area (Å²) in [6, 6.07) is 17.0. The van der Waals surface area contributed by atoms with Gasteiger partial charge in [0, 0.05) is 17.0 Å². The molecule has 4 heterocycles. The Balaban J connectivity index is 1.46. The monoisotopic (exact) mass is 647 g/mol. The van der Waals surface area contributed by atoms with Gasteiger partial charge >= 0.3 is 5.91 Å². The van der Waals surface area contributed by atoms with Gasteiger partial charge in [0.15, 0.2) is 21.6 Å². The fourth-order valence-electron chi connectivity index (χ4n) is 5.08. The number of ketones is 1. The van der Waals surface area contributed by atoms with Crippen molar-refractivity contribution in [3.63, 3.8) is 0 Å². The second-order valence-corrected chi connectivity index (χ2v) is 12.4. The smallest absolute Gasteiger partial charge is 0.301 e. The molecule has 2 aromatic carbocycles. The Kier molecular flexibility index (Phi) is 8.30. The fourth-order valence-corrected chi connectivity index (χ4v) is 7.03. The molecule has 1 unspecified atom stereocenters. The summed E-state index contributed by atoms with van der Waals surface area (Å²) in [4.78, 5) is 33.3. The van der Waals surface area contributed by atoms with Crippen LogP contribution in [-0.4, -0.2) is 50.1 Å². The van der Waals surface area contributed by atoms with Gasteiger partial charge in [-0.3, -0.25) is 18.9 Å². The number of aromatic nitrogens is 4. The summed E-state index contributed by atoms with van der Waals surface area (Å²) in [5.41, 5.74) is 2.87. The molecule has 0 saturated carbocycles. The molecule has 1 aliphatic heterocycles. The third-order valence-electron chi connectivity index (χ3n) is 7.05. The lowest BCUT2D eigenvalue weighted by Gasteiger charge is -2.23. The van der Waals surface area contributed by atoms with Gasteiger partial charge in [0.25, 0.3) is 5.78 Å². The predicted octanol–water partition coefficient (Wildman–Crippen LogP) is 6.47. The highest BCUT2D eigenvalue weighted by Crippen LogP contribution is 2.46. The van der Waals surface area contributed by atoms with Gasteiger partial charge in [0.1, 0.15) is 11.3 Å². The van der Waals surface area contributed by atoms with E-state index in [0.717, 1.165) is 5.56 Å². The number of benzene rings is 2. The average Bonchev–Trinajstić information content (AvgIpc) is 3.70. The molecular formula is C31H26ClN5O5S2. The molecule has 1 N–H and O–H groups in total. The first kappa shape index (κ1) is 29.7. The maximum absolute atomic E-state index is 13.8. The Labute approximate surface area is 265 Å². The number of pyridine rings is 1. The van der Waals surface area contributed by atoms with Crippen molar-refractivity contribution in [1.82, 2.24) is 19.6 Å². The maximum atomic E-state index is 13.8. The number of thioether (sulfide) groups is 1. The Bertz CT molecular complexity index is 1920. The molecule has 1 atom stereocenters. The zero-order valence-electron chi connectivity index (χ0n) is 23.9. The topological polar surface area (TPSA) is 119 Å². The largest absolute Gasteiger partial charge is 0.505 e. The second-order valence-electron chi connectivity index (χ2n) is 9.75. The van der Waals surface area contributed by atoms with Crippen molar-refractivity contribution in [3.05, 3.63) is 100.0 Å². The molecular weight excluding hydrogens is 622 g/mol. The Morgan fingerprint density at radius 3 is 2.64 bits per heavy atom. The van der Waals surface area contributed by atoms with Crippen LogP contribution < -0.4 is 14.4 Å². The molecule has 5 aromatic rings. The second kappa shape index (κ2) is 12.3. The number of aliphatic hydroxyl groups excluding tert-OH is 1. The van der Waals surface area contributed by atoms with Crippen molar-refractivity contribution in [3.8, 4) is 11.5 Å². The van der Waals surface area contributed by atoms with E-state index < -0.39 is 17.7 Å². The number of hydrogen-bond acceptors (Lipinski definition) is 10. The van der Waals surface area contributed by atoms with E-state index in [4.69, 9.17) is 21.1 Å². The number of aryl methyl sites for hydroxylation is 1. The van der Waals surface area contributed by atoms with Gasteiger partial charge in [-0.2, -0.15) is 0 Å². The lowest BCUT2D eigenvalue weighted by atomic mass is 9.96. The van der Waals surface area contributed by atoms with E-state index in [0.29, 0.717) is 55.8 Å². The van der Waals surface area contributed by atoms with E-state index >= 15 is 0 Å². The summed E-state index contributed by atoms with van der Waals surface area (Å²) in [5, 5.41) is 21.3. The minimum absolute atomic E-state index is 0.0967. The minimum Gasteiger partial charge on any atom is -0.505 e. The summed E-state index contributed by atoms with van der Waals surface area (Å²) in [7, 11) is 1.51. The number of anilines is 1. The van der Waals surface area contributed by atoms with Gasteiger partial charge in [-0.25, -0.2) is 4.98 Å². The lowest BCUT2D eigenvalue weighted by Crippen LogP contribution is -2.29. The first-order valence-corrected chi connectivity index (χ1v) is 15.7. The van der Waals surface area contributed by atoms with Crippen molar-refractivity contribution >= 4 is 62.9 Å².